The zero-order valence-electron chi connectivity index (χ0n) is 13.3. The van der Waals surface area contributed by atoms with E-state index in [9.17, 15) is 0 Å². The summed E-state index contributed by atoms with van der Waals surface area (Å²) in [6.45, 7) is 11.6. The Labute approximate surface area is 124 Å². The number of hydrogen-bond donors (Lipinski definition) is 0. The van der Waals surface area contributed by atoms with Gasteiger partial charge in [-0.3, -0.25) is 0 Å². The van der Waals surface area contributed by atoms with Gasteiger partial charge in [0.1, 0.15) is 0 Å². The molecule has 0 aromatic heterocycles. The first-order valence-corrected chi connectivity index (χ1v) is 8.61. The summed E-state index contributed by atoms with van der Waals surface area (Å²) in [7, 11) is 0. The Kier molecular flexibility index (Phi) is 4.88. The molecular formula is C17H31ClO. The summed E-state index contributed by atoms with van der Waals surface area (Å²) in [6, 6.07) is 0. The van der Waals surface area contributed by atoms with E-state index in [1.54, 1.807) is 0 Å². The van der Waals surface area contributed by atoms with Gasteiger partial charge >= 0.3 is 0 Å². The molecule has 0 spiro atoms. The maximum atomic E-state index is 6.56. The molecule has 1 nitrogen and oxygen atoms in total. The van der Waals surface area contributed by atoms with Crippen molar-refractivity contribution in [1.29, 1.82) is 0 Å². The van der Waals surface area contributed by atoms with Gasteiger partial charge in [0.05, 0.1) is 12.2 Å². The van der Waals surface area contributed by atoms with E-state index in [4.69, 9.17) is 16.3 Å². The summed E-state index contributed by atoms with van der Waals surface area (Å²) in [4.78, 5) is 0. The van der Waals surface area contributed by atoms with Crippen molar-refractivity contribution in [3.05, 3.63) is 0 Å². The van der Waals surface area contributed by atoms with E-state index in [0.717, 1.165) is 30.6 Å². The fourth-order valence-corrected chi connectivity index (χ4v) is 4.37. The van der Waals surface area contributed by atoms with Crippen LogP contribution in [0, 0.1) is 23.2 Å². The second-order valence-corrected chi connectivity index (χ2v) is 8.08. The fourth-order valence-electron chi connectivity index (χ4n) is 3.91. The average molecular weight is 287 g/mol. The molecule has 2 fully saturated rings. The van der Waals surface area contributed by atoms with Crippen LogP contribution in [-0.4, -0.2) is 17.6 Å². The Morgan fingerprint density at radius 2 is 1.95 bits per heavy atom. The van der Waals surface area contributed by atoms with Gasteiger partial charge in [-0.15, -0.1) is 11.6 Å². The molecule has 2 aliphatic rings. The highest BCUT2D eigenvalue weighted by atomic mass is 35.5. The molecule has 2 rings (SSSR count). The predicted octanol–water partition coefficient (Wildman–Crippen LogP) is 5.26. The van der Waals surface area contributed by atoms with Crippen molar-refractivity contribution in [2.24, 2.45) is 23.2 Å². The van der Waals surface area contributed by atoms with Crippen molar-refractivity contribution in [3.63, 3.8) is 0 Å². The highest BCUT2D eigenvalue weighted by molar-refractivity contribution is 6.21. The molecule has 0 aromatic rings. The van der Waals surface area contributed by atoms with Crippen molar-refractivity contribution in [3.8, 4) is 0 Å². The van der Waals surface area contributed by atoms with Gasteiger partial charge < -0.3 is 4.74 Å². The molecule has 0 radical (unpaired) electrons. The zero-order chi connectivity index (χ0) is 14.2. The minimum absolute atomic E-state index is 0.198. The molecule has 2 heteroatoms. The summed E-state index contributed by atoms with van der Waals surface area (Å²) >= 11 is 6.42. The molecular weight excluding hydrogens is 256 g/mol. The van der Waals surface area contributed by atoms with Gasteiger partial charge in [-0.2, -0.15) is 0 Å². The summed E-state index contributed by atoms with van der Waals surface area (Å²) in [6.07, 6.45) is 6.97. The minimum Gasteiger partial charge on any atom is -0.374 e. The molecule has 0 saturated heterocycles. The van der Waals surface area contributed by atoms with Gasteiger partial charge in [-0.1, -0.05) is 41.0 Å². The molecule has 0 heterocycles. The van der Waals surface area contributed by atoms with Crippen LogP contribution in [0.1, 0.15) is 66.7 Å². The molecule has 0 aliphatic heterocycles. The second kappa shape index (κ2) is 5.93. The molecule has 6 atom stereocenters. The molecule has 19 heavy (non-hydrogen) atoms. The SMILES string of the molecule is CCC1(C)C(Cl)CC1OC1CC(C)CCC1C(C)C. The average Bonchev–Trinajstić information content (AvgIpc) is 2.37. The molecule has 112 valence electrons. The number of ether oxygens (including phenoxy) is 1. The third-order valence-electron chi connectivity index (χ3n) is 5.93. The Morgan fingerprint density at radius 3 is 2.47 bits per heavy atom. The predicted molar refractivity (Wildman–Crippen MR) is 82.7 cm³/mol. The third-order valence-corrected chi connectivity index (χ3v) is 6.61. The van der Waals surface area contributed by atoms with Gasteiger partial charge in [-0.05, 0) is 43.4 Å². The second-order valence-electron chi connectivity index (χ2n) is 7.55. The molecule has 2 aliphatic carbocycles. The van der Waals surface area contributed by atoms with Crippen LogP contribution >= 0.6 is 11.6 Å². The monoisotopic (exact) mass is 286 g/mol. The third kappa shape index (κ3) is 2.97. The summed E-state index contributed by atoms with van der Waals surface area (Å²) in [5, 5.41) is 0.306. The van der Waals surface area contributed by atoms with E-state index in [-0.39, 0.29) is 5.41 Å². The van der Waals surface area contributed by atoms with Crippen LogP contribution in [0.5, 0.6) is 0 Å². The molecule has 0 aromatic carbocycles. The first-order valence-electron chi connectivity index (χ1n) is 8.18. The maximum absolute atomic E-state index is 6.56. The standard InChI is InChI=1S/C17H31ClO/c1-6-17(5)15(18)10-16(17)19-14-9-12(4)7-8-13(14)11(2)3/h11-16H,6-10H2,1-5H3. The van der Waals surface area contributed by atoms with Crippen molar-refractivity contribution < 1.29 is 4.74 Å². The quantitative estimate of drug-likeness (QED) is 0.641. The van der Waals surface area contributed by atoms with Crippen LogP contribution in [0.4, 0.5) is 0 Å². The van der Waals surface area contributed by atoms with E-state index in [0.29, 0.717) is 17.6 Å². The van der Waals surface area contributed by atoms with Gasteiger partial charge in [-0.25, -0.2) is 0 Å². The van der Waals surface area contributed by atoms with E-state index < -0.39 is 0 Å². The fraction of sp³-hybridized carbons (Fsp3) is 1.00. The Bertz CT molecular complexity index is 304. The Morgan fingerprint density at radius 1 is 1.26 bits per heavy atom. The number of hydrogen-bond acceptors (Lipinski definition) is 1. The minimum atomic E-state index is 0.198. The van der Waals surface area contributed by atoms with Crippen LogP contribution in [-0.2, 0) is 4.74 Å². The van der Waals surface area contributed by atoms with Crippen LogP contribution < -0.4 is 0 Å². The van der Waals surface area contributed by atoms with Crippen molar-refractivity contribution in [2.75, 3.05) is 0 Å². The Balaban J connectivity index is 2.00. The van der Waals surface area contributed by atoms with Crippen molar-refractivity contribution in [1.82, 2.24) is 0 Å². The number of halogens is 1. The first kappa shape index (κ1) is 15.6. The maximum Gasteiger partial charge on any atom is 0.0660 e. The lowest BCUT2D eigenvalue weighted by atomic mass is 9.65. The van der Waals surface area contributed by atoms with Crippen molar-refractivity contribution in [2.45, 2.75) is 84.3 Å². The molecule has 0 bridgehead atoms. The van der Waals surface area contributed by atoms with E-state index in [1.807, 2.05) is 0 Å². The largest absolute Gasteiger partial charge is 0.374 e. The molecule has 2 saturated carbocycles. The summed E-state index contributed by atoms with van der Waals surface area (Å²) in [5.74, 6) is 2.30. The van der Waals surface area contributed by atoms with Crippen LogP contribution in [0.25, 0.3) is 0 Å². The van der Waals surface area contributed by atoms with Gasteiger partial charge in [0.15, 0.2) is 0 Å². The van der Waals surface area contributed by atoms with Gasteiger partial charge in [0, 0.05) is 10.8 Å². The highest BCUT2D eigenvalue weighted by Gasteiger charge is 2.51. The van der Waals surface area contributed by atoms with Gasteiger partial charge in [0.25, 0.3) is 0 Å². The molecule has 0 N–H and O–H groups in total. The normalized spacial score (nSPS) is 47.2. The highest BCUT2D eigenvalue weighted by Crippen LogP contribution is 2.51. The summed E-state index contributed by atoms with van der Waals surface area (Å²) < 4.78 is 6.56. The van der Waals surface area contributed by atoms with E-state index >= 15 is 0 Å². The van der Waals surface area contributed by atoms with E-state index in [1.165, 1.54) is 19.3 Å². The molecule has 6 unspecified atom stereocenters. The van der Waals surface area contributed by atoms with Crippen LogP contribution in [0.15, 0.2) is 0 Å². The lowest BCUT2D eigenvalue weighted by molar-refractivity contribution is -0.164. The molecule has 0 amide bonds. The van der Waals surface area contributed by atoms with Gasteiger partial charge in [0.2, 0.25) is 0 Å². The summed E-state index contributed by atoms with van der Waals surface area (Å²) in [5.41, 5.74) is 0.198. The van der Waals surface area contributed by atoms with Crippen LogP contribution in [0.2, 0.25) is 0 Å². The zero-order valence-corrected chi connectivity index (χ0v) is 14.0. The van der Waals surface area contributed by atoms with E-state index in [2.05, 4.69) is 34.6 Å². The first-order chi connectivity index (χ1) is 8.88. The Hall–Kier alpha value is 0.250. The smallest absolute Gasteiger partial charge is 0.0660 e. The lowest BCUT2D eigenvalue weighted by Gasteiger charge is -2.53. The number of rotatable bonds is 4. The van der Waals surface area contributed by atoms with Crippen LogP contribution in [0.3, 0.4) is 0 Å². The topological polar surface area (TPSA) is 9.23 Å². The lowest BCUT2D eigenvalue weighted by Crippen LogP contribution is -2.55. The van der Waals surface area contributed by atoms with Crippen molar-refractivity contribution >= 4 is 11.6 Å². The number of alkyl halides is 1.